The fourth-order valence-corrected chi connectivity index (χ4v) is 2.65. The summed E-state index contributed by atoms with van der Waals surface area (Å²) in [4.78, 5) is 25.4. The first-order chi connectivity index (χ1) is 13.6. The first-order valence-corrected chi connectivity index (χ1v) is 9.43. The molecule has 0 bridgehead atoms. The van der Waals surface area contributed by atoms with E-state index in [1.807, 2.05) is 61.5 Å². The third-order valence-corrected chi connectivity index (χ3v) is 4.14. The number of hydrogen-bond acceptors (Lipinski definition) is 4. The van der Waals surface area contributed by atoms with Crippen LogP contribution in [0.15, 0.2) is 60.7 Å². The second-order valence-electron chi connectivity index (χ2n) is 6.33. The van der Waals surface area contributed by atoms with Crippen LogP contribution in [-0.2, 0) is 20.9 Å². The van der Waals surface area contributed by atoms with E-state index < -0.39 is 0 Å². The van der Waals surface area contributed by atoms with E-state index in [2.05, 4.69) is 4.74 Å². The highest BCUT2D eigenvalue weighted by Crippen LogP contribution is 2.16. The molecule has 0 aliphatic rings. The van der Waals surface area contributed by atoms with Crippen molar-refractivity contribution in [3.63, 3.8) is 0 Å². The Labute approximate surface area is 166 Å². The Morgan fingerprint density at radius 1 is 1.04 bits per heavy atom. The number of esters is 1. The number of rotatable bonds is 10. The van der Waals surface area contributed by atoms with Gasteiger partial charge < -0.3 is 14.4 Å². The van der Waals surface area contributed by atoms with Crippen molar-refractivity contribution in [1.29, 1.82) is 0 Å². The molecule has 0 aliphatic carbocycles. The normalized spacial score (nSPS) is 10.6. The predicted octanol–water partition coefficient (Wildman–Crippen LogP) is 4.08. The molecule has 2 rings (SSSR count). The van der Waals surface area contributed by atoms with Crippen LogP contribution in [0.3, 0.4) is 0 Å². The smallest absolute Gasteiger partial charge is 0.307 e. The molecule has 5 heteroatoms. The van der Waals surface area contributed by atoms with Crippen LogP contribution in [0.1, 0.15) is 30.9 Å². The molecule has 0 radical (unpaired) electrons. The molecule has 5 nitrogen and oxygen atoms in total. The van der Waals surface area contributed by atoms with E-state index in [0.717, 1.165) is 23.3 Å². The van der Waals surface area contributed by atoms with Crippen molar-refractivity contribution >= 4 is 18.0 Å². The predicted molar refractivity (Wildman–Crippen MR) is 110 cm³/mol. The van der Waals surface area contributed by atoms with Crippen LogP contribution >= 0.6 is 0 Å². The van der Waals surface area contributed by atoms with Gasteiger partial charge in [0.25, 0.3) is 0 Å². The number of carbonyl (C=O) groups is 2. The van der Waals surface area contributed by atoms with Gasteiger partial charge in [-0.15, -0.1) is 0 Å². The maximum Gasteiger partial charge on any atom is 0.307 e. The van der Waals surface area contributed by atoms with Crippen molar-refractivity contribution in [3.8, 4) is 5.75 Å². The molecule has 0 aliphatic heterocycles. The SMILES string of the molecule is CCCN(CCC(=O)OC)C(=O)/C=C/c1cccc(OCc2ccccc2)c1. The summed E-state index contributed by atoms with van der Waals surface area (Å²) in [5.74, 6) is 0.303. The number of hydrogen-bond donors (Lipinski definition) is 0. The molecular weight excluding hydrogens is 354 g/mol. The summed E-state index contributed by atoms with van der Waals surface area (Å²) in [6.07, 6.45) is 4.31. The number of ether oxygens (including phenoxy) is 2. The van der Waals surface area contributed by atoms with Gasteiger partial charge >= 0.3 is 5.97 Å². The quantitative estimate of drug-likeness (QED) is 0.460. The summed E-state index contributed by atoms with van der Waals surface area (Å²) in [5, 5.41) is 0. The highest BCUT2D eigenvalue weighted by molar-refractivity contribution is 5.92. The first-order valence-electron chi connectivity index (χ1n) is 9.43. The van der Waals surface area contributed by atoms with E-state index in [9.17, 15) is 9.59 Å². The molecule has 2 aromatic rings. The van der Waals surface area contributed by atoms with E-state index >= 15 is 0 Å². The number of nitrogens with zero attached hydrogens (tertiary/aromatic N) is 1. The maximum absolute atomic E-state index is 12.5. The molecule has 28 heavy (non-hydrogen) atoms. The highest BCUT2D eigenvalue weighted by Gasteiger charge is 2.12. The molecule has 1 amide bonds. The van der Waals surface area contributed by atoms with Gasteiger partial charge in [-0.3, -0.25) is 9.59 Å². The zero-order valence-electron chi connectivity index (χ0n) is 16.5. The van der Waals surface area contributed by atoms with Crippen LogP contribution < -0.4 is 4.74 Å². The average molecular weight is 381 g/mol. The minimum absolute atomic E-state index is 0.124. The van der Waals surface area contributed by atoms with Gasteiger partial charge in [-0.1, -0.05) is 49.4 Å². The lowest BCUT2D eigenvalue weighted by molar-refractivity contribution is -0.141. The maximum atomic E-state index is 12.5. The Balaban J connectivity index is 1.95. The van der Waals surface area contributed by atoms with Crippen molar-refractivity contribution in [2.75, 3.05) is 20.2 Å². The van der Waals surface area contributed by atoms with Crippen LogP contribution in [0.5, 0.6) is 5.75 Å². The Morgan fingerprint density at radius 2 is 1.82 bits per heavy atom. The summed E-state index contributed by atoms with van der Waals surface area (Å²) >= 11 is 0. The van der Waals surface area contributed by atoms with Gasteiger partial charge in [-0.05, 0) is 35.8 Å². The lowest BCUT2D eigenvalue weighted by Crippen LogP contribution is -2.32. The Hall–Kier alpha value is -3.08. The topological polar surface area (TPSA) is 55.8 Å². The number of methoxy groups -OCH3 is 1. The highest BCUT2D eigenvalue weighted by atomic mass is 16.5. The third kappa shape index (κ3) is 7.27. The van der Waals surface area contributed by atoms with Crippen molar-refractivity contribution in [1.82, 2.24) is 4.90 Å². The zero-order valence-corrected chi connectivity index (χ0v) is 16.5. The van der Waals surface area contributed by atoms with Crippen molar-refractivity contribution in [2.24, 2.45) is 0 Å². The van der Waals surface area contributed by atoms with Crippen molar-refractivity contribution < 1.29 is 19.1 Å². The monoisotopic (exact) mass is 381 g/mol. The molecule has 0 N–H and O–H groups in total. The van der Waals surface area contributed by atoms with Gasteiger partial charge in [0.1, 0.15) is 12.4 Å². The Kier molecular flexibility index (Phi) is 8.79. The fourth-order valence-electron chi connectivity index (χ4n) is 2.65. The van der Waals surface area contributed by atoms with Crippen molar-refractivity contribution in [2.45, 2.75) is 26.4 Å². The van der Waals surface area contributed by atoms with Crippen LogP contribution in [0.2, 0.25) is 0 Å². The standard InChI is InChI=1S/C23H27NO4/c1-3-15-24(16-14-23(26)27-2)22(25)13-12-19-10-7-11-21(17-19)28-18-20-8-5-4-6-9-20/h4-13,17H,3,14-16,18H2,1-2H3/b13-12+. The number of benzene rings is 2. The zero-order chi connectivity index (χ0) is 20.2. The van der Waals surface area contributed by atoms with Crippen molar-refractivity contribution in [3.05, 3.63) is 71.8 Å². The van der Waals surface area contributed by atoms with E-state index in [-0.39, 0.29) is 18.3 Å². The van der Waals surface area contributed by atoms with E-state index in [1.54, 1.807) is 11.0 Å². The first kappa shape index (κ1) is 21.2. The van der Waals surface area contributed by atoms with Crippen LogP contribution in [0, 0.1) is 0 Å². The Morgan fingerprint density at radius 3 is 2.54 bits per heavy atom. The number of carbonyl (C=O) groups excluding carboxylic acids is 2. The number of amides is 1. The molecule has 2 aromatic carbocycles. The van der Waals surface area contributed by atoms with Gasteiger partial charge in [0.15, 0.2) is 0 Å². The summed E-state index contributed by atoms with van der Waals surface area (Å²) in [6, 6.07) is 17.5. The third-order valence-electron chi connectivity index (χ3n) is 4.14. The van der Waals surface area contributed by atoms with Crippen LogP contribution in [-0.4, -0.2) is 37.0 Å². The molecule has 0 atom stereocenters. The lowest BCUT2D eigenvalue weighted by atomic mass is 10.2. The minimum atomic E-state index is -0.318. The van der Waals surface area contributed by atoms with Gasteiger partial charge in [-0.2, -0.15) is 0 Å². The molecule has 0 aromatic heterocycles. The van der Waals surface area contributed by atoms with Crippen LogP contribution in [0.4, 0.5) is 0 Å². The molecule has 0 saturated heterocycles. The van der Waals surface area contributed by atoms with E-state index in [4.69, 9.17) is 4.74 Å². The molecule has 148 valence electrons. The summed E-state index contributed by atoms with van der Waals surface area (Å²) < 4.78 is 10.5. The van der Waals surface area contributed by atoms with Gasteiger partial charge in [-0.25, -0.2) is 0 Å². The van der Waals surface area contributed by atoms with Gasteiger partial charge in [0, 0.05) is 19.2 Å². The molecule has 0 fully saturated rings. The molecule has 0 heterocycles. The summed E-state index contributed by atoms with van der Waals surface area (Å²) in [6.45, 7) is 3.44. The molecule has 0 saturated carbocycles. The molecular formula is C23H27NO4. The van der Waals surface area contributed by atoms with E-state index in [1.165, 1.54) is 13.2 Å². The van der Waals surface area contributed by atoms with Gasteiger partial charge in [0.2, 0.25) is 5.91 Å². The summed E-state index contributed by atoms with van der Waals surface area (Å²) in [7, 11) is 1.35. The van der Waals surface area contributed by atoms with Crippen LogP contribution in [0.25, 0.3) is 6.08 Å². The lowest BCUT2D eigenvalue weighted by Gasteiger charge is -2.19. The average Bonchev–Trinajstić information content (AvgIpc) is 2.74. The fraction of sp³-hybridized carbons (Fsp3) is 0.304. The largest absolute Gasteiger partial charge is 0.489 e. The van der Waals surface area contributed by atoms with E-state index in [0.29, 0.717) is 19.7 Å². The summed E-state index contributed by atoms with van der Waals surface area (Å²) in [5.41, 5.74) is 1.97. The molecule has 0 unspecified atom stereocenters. The second kappa shape index (κ2) is 11.6. The minimum Gasteiger partial charge on any atom is -0.489 e. The van der Waals surface area contributed by atoms with Gasteiger partial charge in [0.05, 0.1) is 13.5 Å². The second-order valence-corrected chi connectivity index (χ2v) is 6.33. The molecule has 0 spiro atoms. The Bertz CT molecular complexity index is 786.